The Morgan fingerprint density at radius 1 is 0.711 bits per heavy atom. The van der Waals surface area contributed by atoms with Crippen LogP contribution >= 0.6 is 0 Å². The van der Waals surface area contributed by atoms with E-state index in [1.54, 1.807) is 19.1 Å². The van der Waals surface area contributed by atoms with Gasteiger partial charge >= 0.3 is 0 Å². The molecule has 3 fully saturated rings. The van der Waals surface area contributed by atoms with Crippen molar-refractivity contribution in [1.29, 1.82) is 0 Å². The van der Waals surface area contributed by atoms with Crippen molar-refractivity contribution in [3.63, 3.8) is 0 Å². The van der Waals surface area contributed by atoms with Gasteiger partial charge in [0.1, 0.15) is 5.82 Å². The summed E-state index contributed by atoms with van der Waals surface area (Å²) in [5, 5.41) is 0. The van der Waals surface area contributed by atoms with E-state index in [1.165, 1.54) is 12.1 Å². The number of rotatable bonds is 5. The predicted molar refractivity (Wildman–Crippen MR) is 172 cm³/mol. The molecule has 4 heterocycles. The van der Waals surface area contributed by atoms with Gasteiger partial charge in [0.25, 0.3) is 5.91 Å². The summed E-state index contributed by atoms with van der Waals surface area (Å²) in [7, 11) is 0. The average Bonchev–Trinajstić information content (AvgIpc) is 3.08. The highest BCUT2D eigenvalue weighted by Gasteiger charge is 2.34. The number of amides is 3. The van der Waals surface area contributed by atoms with E-state index in [4.69, 9.17) is 4.98 Å². The van der Waals surface area contributed by atoms with Crippen LogP contribution in [0.2, 0.25) is 0 Å². The number of piperazine rings is 1. The molecule has 6 rings (SSSR count). The molecule has 9 heteroatoms. The summed E-state index contributed by atoms with van der Waals surface area (Å²) >= 11 is 0. The summed E-state index contributed by atoms with van der Waals surface area (Å²) in [4.78, 5) is 51.7. The second-order valence-corrected chi connectivity index (χ2v) is 12.7. The van der Waals surface area contributed by atoms with Crippen molar-refractivity contribution in [3.8, 4) is 22.5 Å². The standard InChI is InChI=1S/C36H42FN5O3/c1-25-6-8-27(9-7-25)33-23-30(24-34(38-33)29-4-3-5-31(37)22-29)36(45)42-20-18-40(19-21-42)32-12-16-41(17-13-32)35(44)28-10-14-39(15-11-28)26(2)43/h3-9,22-24,28,32H,10-21H2,1-2H3. The number of aromatic nitrogens is 1. The second-order valence-electron chi connectivity index (χ2n) is 12.7. The normalized spacial score (nSPS) is 18.7. The molecule has 3 saturated heterocycles. The first-order valence-corrected chi connectivity index (χ1v) is 16.2. The lowest BCUT2D eigenvalue weighted by atomic mass is 9.93. The van der Waals surface area contributed by atoms with Crippen LogP contribution in [0.3, 0.4) is 0 Å². The Morgan fingerprint density at radius 3 is 1.96 bits per heavy atom. The second kappa shape index (κ2) is 13.5. The van der Waals surface area contributed by atoms with Crippen LogP contribution in [-0.4, -0.2) is 101 Å². The number of benzene rings is 2. The molecular formula is C36H42FN5O3. The van der Waals surface area contributed by atoms with Gasteiger partial charge in [0.05, 0.1) is 11.4 Å². The quantitative estimate of drug-likeness (QED) is 0.412. The fraction of sp³-hybridized carbons (Fsp3) is 0.444. The molecule has 0 saturated carbocycles. The molecule has 0 unspecified atom stereocenters. The van der Waals surface area contributed by atoms with Crippen LogP contribution in [0, 0.1) is 18.7 Å². The van der Waals surface area contributed by atoms with Crippen LogP contribution in [0.1, 0.15) is 48.5 Å². The number of carbonyl (C=O) groups is 3. The summed E-state index contributed by atoms with van der Waals surface area (Å²) in [6.07, 6.45) is 3.38. The molecule has 0 atom stereocenters. The van der Waals surface area contributed by atoms with Gasteiger partial charge < -0.3 is 14.7 Å². The molecule has 3 amide bonds. The van der Waals surface area contributed by atoms with E-state index in [9.17, 15) is 18.8 Å². The van der Waals surface area contributed by atoms with Crippen molar-refractivity contribution >= 4 is 17.7 Å². The molecule has 0 spiro atoms. The van der Waals surface area contributed by atoms with E-state index in [0.29, 0.717) is 54.7 Å². The molecule has 3 aromatic rings. The van der Waals surface area contributed by atoms with Crippen LogP contribution in [0.4, 0.5) is 4.39 Å². The van der Waals surface area contributed by atoms with Crippen molar-refractivity contribution in [2.75, 3.05) is 52.4 Å². The number of carbonyl (C=O) groups excluding carboxylic acids is 3. The van der Waals surface area contributed by atoms with E-state index in [2.05, 4.69) is 4.90 Å². The molecule has 45 heavy (non-hydrogen) atoms. The zero-order valence-electron chi connectivity index (χ0n) is 26.3. The Hall–Kier alpha value is -4.11. The van der Waals surface area contributed by atoms with Crippen molar-refractivity contribution in [2.24, 2.45) is 5.92 Å². The number of aryl methyl sites for hydroxylation is 1. The van der Waals surface area contributed by atoms with Gasteiger partial charge in [0.2, 0.25) is 11.8 Å². The Labute approximate surface area is 264 Å². The summed E-state index contributed by atoms with van der Waals surface area (Å²) in [6, 6.07) is 18.4. The highest BCUT2D eigenvalue weighted by molar-refractivity contribution is 5.96. The van der Waals surface area contributed by atoms with Crippen molar-refractivity contribution in [2.45, 2.75) is 45.6 Å². The smallest absolute Gasteiger partial charge is 0.254 e. The Morgan fingerprint density at radius 2 is 1.33 bits per heavy atom. The summed E-state index contributed by atoms with van der Waals surface area (Å²) < 4.78 is 14.1. The summed E-state index contributed by atoms with van der Waals surface area (Å²) in [5.74, 6) is -0.0340. The Balaban J connectivity index is 1.07. The molecular weight excluding hydrogens is 569 g/mol. The molecule has 0 radical (unpaired) electrons. The van der Waals surface area contributed by atoms with Crippen molar-refractivity contribution in [3.05, 3.63) is 77.6 Å². The number of piperidine rings is 2. The van der Waals surface area contributed by atoms with Crippen LogP contribution < -0.4 is 0 Å². The zero-order chi connectivity index (χ0) is 31.5. The third kappa shape index (κ3) is 7.09. The number of nitrogens with zero attached hydrogens (tertiary/aromatic N) is 5. The molecule has 3 aliphatic heterocycles. The average molecular weight is 612 g/mol. The molecule has 0 aliphatic carbocycles. The summed E-state index contributed by atoms with van der Waals surface area (Å²) in [5.41, 5.74) is 4.48. The molecule has 8 nitrogen and oxygen atoms in total. The monoisotopic (exact) mass is 611 g/mol. The van der Waals surface area contributed by atoms with E-state index >= 15 is 0 Å². The lowest BCUT2D eigenvalue weighted by molar-refractivity contribution is -0.141. The van der Waals surface area contributed by atoms with Gasteiger partial charge in [-0.25, -0.2) is 9.37 Å². The Kier molecular flexibility index (Phi) is 9.26. The zero-order valence-corrected chi connectivity index (χ0v) is 26.3. The first-order chi connectivity index (χ1) is 21.7. The number of hydrogen-bond acceptors (Lipinski definition) is 5. The SMILES string of the molecule is CC(=O)N1CCC(C(=O)N2CCC(N3CCN(C(=O)c4cc(-c5ccc(C)cc5)nc(-c5cccc(F)c5)c4)CC3)CC2)CC1. The minimum absolute atomic E-state index is 0.0212. The number of hydrogen-bond donors (Lipinski definition) is 0. The van der Waals surface area contributed by atoms with Crippen LogP contribution in [0.15, 0.2) is 60.7 Å². The fourth-order valence-electron chi connectivity index (χ4n) is 6.95. The predicted octanol–water partition coefficient (Wildman–Crippen LogP) is 4.87. The number of pyridine rings is 1. The van der Waals surface area contributed by atoms with Crippen LogP contribution in [0.5, 0.6) is 0 Å². The maximum atomic E-state index is 14.1. The molecule has 0 bridgehead atoms. The van der Waals surface area contributed by atoms with Gasteiger partial charge in [-0.3, -0.25) is 19.3 Å². The van der Waals surface area contributed by atoms with Gasteiger partial charge in [-0.15, -0.1) is 0 Å². The minimum Gasteiger partial charge on any atom is -0.343 e. The largest absolute Gasteiger partial charge is 0.343 e. The molecule has 0 N–H and O–H groups in total. The van der Waals surface area contributed by atoms with Gasteiger partial charge in [-0.2, -0.15) is 0 Å². The highest BCUT2D eigenvalue weighted by Crippen LogP contribution is 2.28. The maximum Gasteiger partial charge on any atom is 0.254 e. The molecule has 1 aromatic heterocycles. The van der Waals surface area contributed by atoms with Gasteiger partial charge in [0.15, 0.2) is 0 Å². The Bertz CT molecular complexity index is 1540. The van der Waals surface area contributed by atoms with Crippen molar-refractivity contribution < 1.29 is 18.8 Å². The first-order valence-electron chi connectivity index (χ1n) is 16.2. The van der Waals surface area contributed by atoms with Gasteiger partial charge in [-0.05, 0) is 56.9 Å². The third-order valence-corrected chi connectivity index (χ3v) is 9.72. The van der Waals surface area contributed by atoms with Gasteiger partial charge in [0, 0.05) is 87.9 Å². The lowest BCUT2D eigenvalue weighted by Gasteiger charge is -2.43. The van der Waals surface area contributed by atoms with E-state index in [1.807, 2.05) is 58.0 Å². The van der Waals surface area contributed by atoms with E-state index in [-0.39, 0.29) is 29.5 Å². The lowest BCUT2D eigenvalue weighted by Crippen LogP contribution is -2.55. The van der Waals surface area contributed by atoms with E-state index in [0.717, 1.165) is 63.0 Å². The minimum atomic E-state index is -0.343. The van der Waals surface area contributed by atoms with Gasteiger partial charge in [-0.1, -0.05) is 42.0 Å². The maximum absolute atomic E-state index is 14.1. The van der Waals surface area contributed by atoms with Crippen LogP contribution in [-0.2, 0) is 9.59 Å². The van der Waals surface area contributed by atoms with E-state index < -0.39 is 0 Å². The number of halogens is 1. The van der Waals surface area contributed by atoms with Crippen LogP contribution in [0.25, 0.3) is 22.5 Å². The fourth-order valence-corrected chi connectivity index (χ4v) is 6.95. The highest BCUT2D eigenvalue weighted by atomic mass is 19.1. The summed E-state index contributed by atoms with van der Waals surface area (Å²) in [6.45, 7) is 9.33. The first kappa shape index (κ1) is 30.9. The molecule has 2 aromatic carbocycles. The number of likely N-dealkylation sites (tertiary alicyclic amines) is 2. The molecule has 3 aliphatic rings. The van der Waals surface area contributed by atoms with Crippen molar-refractivity contribution in [1.82, 2.24) is 24.6 Å². The third-order valence-electron chi connectivity index (χ3n) is 9.72. The molecule has 236 valence electrons. The topological polar surface area (TPSA) is 77.1 Å².